The van der Waals surface area contributed by atoms with E-state index in [2.05, 4.69) is 4.74 Å². The number of non-ortho nitro benzene ring substituents is 2. The van der Waals surface area contributed by atoms with Crippen LogP contribution in [0.3, 0.4) is 0 Å². The average Bonchev–Trinajstić information content (AvgIpc) is 2.17. The Morgan fingerprint density at radius 3 is 1.87 bits per heavy atom. The molecule has 1 radical (unpaired) electrons. The van der Waals surface area contributed by atoms with E-state index >= 15 is 0 Å². The predicted molar refractivity (Wildman–Crippen MR) is 46.1 cm³/mol. The lowest BCUT2D eigenvalue weighted by Crippen LogP contribution is -1.95. The summed E-state index contributed by atoms with van der Waals surface area (Å²) in [5.74, 6) is -0.300. The third-order valence-corrected chi connectivity index (χ3v) is 1.46. The van der Waals surface area contributed by atoms with Gasteiger partial charge < -0.3 is 4.74 Å². The molecule has 0 spiro atoms. The summed E-state index contributed by atoms with van der Waals surface area (Å²) in [5, 5.41) is 20.7. The molecule has 0 unspecified atom stereocenters. The van der Waals surface area contributed by atoms with E-state index in [1.807, 2.05) is 0 Å². The molecule has 0 heterocycles. The van der Waals surface area contributed by atoms with E-state index in [0.717, 1.165) is 24.7 Å². The van der Waals surface area contributed by atoms with Crippen LogP contribution in [0.15, 0.2) is 18.2 Å². The molecule has 1 rings (SSSR count). The highest BCUT2D eigenvalue weighted by Crippen LogP contribution is 2.26. The average molecular weight is 211 g/mol. The first-order valence-electron chi connectivity index (χ1n) is 3.52. The Bertz CT molecular complexity index is 397. The zero-order valence-electron chi connectivity index (χ0n) is 7.08. The molecule has 0 saturated carbocycles. The van der Waals surface area contributed by atoms with Crippen molar-refractivity contribution in [2.75, 3.05) is 0 Å². The number of nitro benzene ring substituents is 2. The first-order valence-corrected chi connectivity index (χ1v) is 3.52. The molecular formula is C7H3N2O6. The first kappa shape index (κ1) is 10.6. The number of ether oxygens (including phenoxy) is 1. The van der Waals surface area contributed by atoms with Crippen molar-refractivity contribution in [3.8, 4) is 5.75 Å². The number of carbonyl (C=O) groups excluding carboxylic acids is 1. The maximum Gasteiger partial charge on any atom is 0.423 e. The first-order chi connectivity index (χ1) is 7.04. The fourth-order valence-electron chi connectivity index (χ4n) is 0.886. The van der Waals surface area contributed by atoms with Crippen LogP contribution in [-0.4, -0.2) is 16.3 Å². The van der Waals surface area contributed by atoms with Crippen molar-refractivity contribution < 1.29 is 19.4 Å². The highest BCUT2D eigenvalue weighted by molar-refractivity contribution is 5.54. The van der Waals surface area contributed by atoms with Gasteiger partial charge in [0.15, 0.2) is 0 Å². The van der Waals surface area contributed by atoms with Crippen LogP contribution in [-0.2, 0) is 4.79 Å². The van der Waals surface area contributed by atoms with Crippen molar-refractivity contribution in [1.29, 1.82) is 0 Å². The van der Waals surface area contributed by atoms with Gasteiger partial charge in [-0.1, -0.05) is 0 Å². The molecule has 0 bridgehead atoms. The van der Waals surface area contributed by atoms with Crippen molar-refractivity contribution in [3.63, 3.8) is 0 Å². The molecule has 0 aromatic heterocycles. The molecule has 0 amide bonds. The van der Waals surface area contributed by atoms with Gasteiger partial charge in [0, 0.05) is 0 Å². The van der Waals surface area contributed by atoms with Crippen LogP contribution in [0.25, 0.3) is 0 Å². The third kappa shape index (κ3) is 2.46. The lowest BCUT2D eigenvalue weighted by molar-refractivity contribution is -0.394. The van der Waals surface area contributed by atoms with Crippen LogP contribution in [0.1, 0.15) is 0 Å². The van der Waals surface area contributed by atoms with Crippen LogP contribution < -0.4 is 4.74 Å². The zero-order valence-corrected chi connectivity index (χ0v) is 7.08. The quantitative estimate of drug-likeness (QED) is 0.541. The Balaban J connectivity index is 3.25. The third-order valence-electron chi connectivity index (χ3n) is 1.46. The number of nitro groups is 2. The standard InChI is InChI=1S/C7H3N2O6/c10-4-15-7-2-5(8(11)12)1-6(3-7)9(13)14/h1-3H. The summed E-state index contributed by atoms with van der Waals surface area (Å²) >= 11 is 0. The number of benzene rings is 1. The maximum absolute atomic E-state index is 10.4. The smallest absolute Gasteiger partial charge is 0.418 e. The van der Waals surface area contributed by atoms with E-state index in [1.54, 1.807) is 0 Å². The molecule has 0 saturated heterocycles. The summed E-state index contributed by atoms with van der Waals surface area (Å²) in [7, 11) is 0. The highest BCUT2D eigenvalue weighted by Gasteiger charge is 2.17. The molecule has 1 aromatic rings. The highest BCUT2D eigenvalue weighted by atomic mass is 16.6. The van der Waals surface area contributed by atoms with Gasteiger partial charge in [-0.3, -0.25) is 20.2 Å². The Morgan fingerprint density at radius 1 is 1.07 bits per heavy atom. The Labute approximate surface area is 82.4 Å². The minimum absolute atomic E-state index is 0.300. The van der Waals surface area contributed by atoms with Crippen LogP contribution in [0.2, 0.25) is 0 Å². The number of nitrogens with zero attached hydrogens (tertiary/aromatic N) is 2. The molecule has 0 aliphatic carbocycles. The molecule has 0 fully saturated rings. The van der Waals surface area contributed by atoms with E-state index < -0.39 is 21.2 Å². The van der Waals surface area contributed by atoms with Crippen molar-refractivity contribution in [3.05, 3.63) is 38.4 Å². The molecule has 0 atom stereocenters. The van der Waals surface area contributed by atoms with Crippen molar-refractivity contribution in [1.82, 2.24) is 0 Å². The van der Waals surface area contributed by atoms with Gasteiger partial charge in [0.1, 0.15) is 5.75 Å². The van der Waals surface area contributed by atoms with Gasteiger partial charge in [0.05, 0.1) is 28.0 Å². The second-order valence-corrected chi connectivity index (χ2v) is 2.38. The molecule has 0 aliphatic rings. The van der Waals surface area contributed by atoms with Crippen molar-refractivity contribution >= 4 is 17.8 Å². The summed E-state index contributed by atoms with van der Waals surface area (Å²) in [5.41, 5.74) is -1.07. The van der Waals surface area contributed by atoms with Crippen LogP contribution in [0.4, 0.5) is 11.4 Å². The second-order valence-electron chi connectivity index (χ2n) is 2.38. The molecule has 77 valence electrons. The maximum atomic E-state index is 10.4. The molecule has 0 aliphatic heterocycles. The monoisotopic (exact) mass is 211 g/mol. The van der Waals surface area contributed by atoms with Crippen LogP contribution >= 0.6 is 0 Å². The fraction of sp³-hybridized carbons (Fsp3) is 0. The lowest BCUT2D eigenvalue weighted by atomic mass is 10.2. The fourth-order valence-corrected chi connectivity index (χ4v) is 0.886. The van der Waals surface area contributed by atoms with Crippen molar-refractivity contribution in [2.24, 2.45) is 0 Å². The Morgan fingerprint density at radius 2 is 1.53 bits per heavy atom. The van der Waals surface area contributed by atoms with Crippen molar-refractivity contribution in [2.45, 2.75) is 0 Å². The Hall–Kier alpha value is -2.51. The Kier molecular flexibility index (Phi) is 2.91. The zero-order chi connectivity index (χ0) is 11.4. The molecule has 1 aromatic carbocycles. The van der Waals surface area contributed by atoms with Gasteiger partial charge in [-0.2, -0.15) is 0 Å². The van der Waals surface area contributed by atoms with E-state index in [4.69, 9.17) is 0 Å². The number of rotatable bonds is 4. The molecule has 8 nitrogen and oxygen atoms in total. The SMILES string of the molecule is O=[C]Oc1cc([N+](=O)[O-])cc([N+](=O)[O-])c1. The summed E-state index contributed by atoms with van der Waals surface area (Å²) in [6.45, 7) is 1.02. The second kappa shape index (κ2) is 4.13. The van der Waals surface area contributed by atoms with Gasteiger partial charge in [-0.25, -0.2) is 4.79 Å². The summed E-state index contributed by atoms with van der Waals surface area (Å²) in [4.78, 5) is 28.9. The summed E-state index contributed by atoms with van der Waals surface area (Å²) in [6, 6.07) is 2.54. The van der Waals surface area contributed by atoms with E-state index in [1.165, 1.54) is 0 Å². The molecular weight excluding hydrogens is 208 g/mol. The molecule has 0 N–H and O–H groups in total. The normalized spacial score (nSPS) is 9.33. The van der Waals surface area contributed by atoms with Crippen LogP contribution in [0.5, 0.6) is 5.75 Å². The summed E-state index contributed by atoms with van der Waals surface area (Å²) in [6.07, 6.45) is 0. The van der Waals surface area contributed by atoms with Gasteiger partial charge in [0.2, 0.25) is 0 Å². The largest absolute Gasteiger partial charge is 0.423 e. The minimum Gasteiger partial charge on any atom is -0.418 e. The lowest BCUT2D eigenvalue weighted by Gasteiger charge is -1.97. The van der Waals surface area contributed by atoms with E-state index in [0.29, 0.717) is 0 Å². The minimum atomic E-state index is -0.829. The number of hydrogen-bond acceptors (Lipinski definition) is 6. The summed E-state index contributed by atoms with van der Waals surface area (Å²) < 4.78 is 4.17. The molecule has 15 heavy (non-hydrogen) atoms. The van der Waals surface area contributed by atoms with E-state index in [-0.39, 0.29) is 5.75 Å². The van der Waals surface area contributed by atoms with E-state index in [9.17, 15) is 25.0 Å². The van der Waals surface area contributed by atoms with Gasteiger partial charge in [-0.15, -0.1) is 0 Å². The predicted octanol–water partition coefficient (Wildman–Crippen LogP) is 0.949. The van der Waals surface area contributed by atoms with Crippen LogP contribution in [0, 0.1) is 20.2 Å². The van der Waals surface area contributed by atoms with Gasteiger partial charge in [0.25, 0.3) is 11.4 Å². The molecule has 8 heteroatoms. The van der Waals surface area contributed by atoms with Gasteiger partial charge in [-0.05, 0) is 0 Å². The van der Waals surface area contributed by atoms with Gasteiger partial charge >= 0.3 is 6.47 Å². The number of hydrogen-bond donors (Lipinski definition) is 0. The topological polar surface area (TPSA) is 113 Å².